The number of ether oxygens (including phenoxy) is 2. The number of hydrogen-bond acceptors (Lipinski definition) is 3. The Bertz CT molecular complexity index is 477. The second-order valence-corrected chi connectivity index (χ2v) is 6.33. The van der Waals surface area contributed by atoms with Crippen molar-refractivity contribution in [2.45, 2.75) is 44.2 Å². The van der Waals surface area contributed by atoms with E-state index in [9.17, 15) is 0 Å². The lowest BCUT2D eigenvalue weighted by Crippen LogP contribution is -2.38. The van der Waals surface area contributed by atoms with Crippen LogP contribution in [0.25, 0.3) is 0 Å². The minimum Gasteiger partial charge on any atom is -0.497 e. The van der Waals surface area contributed by atoms with Gasteiger partial charge in [0.25, 0.3) is 0 Å². The van der Waals surface area contributed by atoms with E-state index in [1.165, 1.54) is 24.8 Å². The van der Waals surface area contributed by atoms with E-state index in [0.29, 0.717) is 18.0 Å². The second kappa shape index (κ2) is 7.80. The normalized spacial score (nSPS) is 24.1. The zero-order valence-electron chi connectivity index (χ0n) is 13.5. The Kier molecular flexibility index (Phi) is 5.52. The molecule has 0 spiro atoms. The summed E-state index contributed by atoms with van der Waals surface area (Å²) < 4.78 is 10.8. The molecule has 1 saturated heterocycles. The Hall–Kier alpha value is -1.32. The van der Waals surface area contributed by atoms with Gasteiger partial charge in [0.1, 0.15) is 5.75 Å². The lowest BCUT2D eigenvalue weighted by atomic mass is 9.86. The summed E-state index contributed by atoms with van der Waals surface area (Å²) in [4.78, 5) is 0. The van der Waals surface area contributed by atoms with Gasteiger partial charge >= 0.3 is 0 Å². The molecular formula is C19H27NO2. The lowest BCUT2D eigenvalue weighted by molar-refractivity contribution is 0.0523. The van der Waals surface area contributed by atoms with Crippen molar-refractivity contribution in [3.05, 3.63) is 42.0 Å². The van der Waals surface area contributed by atoms with E-state index in [1.54, 1.807) is 7.11 Å². The zero-order chi connectivity index (χ0) is 15.2. The third kappa shape index (κ3) is 3.90. The molecule has 1 aliphatic carbocycles. The average molecular weight is 301 g/mol. The molecule has 1 aromatic rings. The molecule has 120 valence electrons. The Balaban J connectivity index is 1.77. The first kappa shape index (κ1) is 15.6. The topological polar surface area (TPSA) is 30.5 Å². The minimum atomic E-state index is 0.405. The highest BCUT2D eigenvalue weighted by Crippen LogP contribution is 2.32. The van der Waals surface area contributed by atoms with Gasteiger partial charge < -0.3 is 14.8 Å². The quantitative estimate of drug-likeness (QED) is 0.838. The molecule has 0 saturated carbocycles. The maximum atomic E-state index is 5.55. The van der Waals surface area contributed by atoms with Crippen molar-refractivity contribution in [2.75, 3.05) is 20.3 Å². The highest BCUT2D eigenvalue weighted by atomic mass is 16.5. The maximum absolute atomic E-state index is 5.55. The van der Waals surface area contributed by atoms with Crippen LogP contribution in [0.2, 0.25) is 0 Å². The van der Waals surface area contributed by atoms with E-state index in [4.69, 9.17) is 9.47 Å². The predicted molar refractivity (Wildman–Crippen MR) is 89.2 cm³/mol. The van der Waals surface area contributed by atoms with Gasteiger partial charge in [-0.25, -0.2) is 0 Å². The molecule has 2 aliphatic rings. The van der Waals surface area contributed by atoms with Crippen LogP contribution in [0.4, 0.5) is 0 Å². The number of hydrogen-bond donors (Lipinski definition) is 1. The first-order valence-corrected chi connectivity index (χ1v) is 8.51. The molecule has 0 radical (unpaired) electrons. The molecule has 1 aromatic carbocycles. The van der Waals surface area contributed by atoms with Crippen LogP contribution in [-0.2, 0) is 4.74 Å². The third-order valence-electron chi connectivity index (χ3n) is 4.86. The van der Waals surface area contributed by atoms with Crippen LogP contribution in [0.5, 0.6) is 5.75 Å². The fourth-order valence-corrected chi connectivity index (χ4v) is 3.55. The number of nitrogens with one attached hydrogen (secondary N) is 1. The van der Waals surface area contributed by atoms with E-state index in [-0.39, 0.29) is 0 Å². The van der Waals surface area contributed by atoms with Gasteiger partial charge in [-0.15, -0.1) is 0 Å². The van der Waals surface area contributed by atoms with Crippen LogP contribution in [0.1, 0.15) is 43.7 Å². The first-order valence-electron chi connectivity index (χ1n) is 8.51. The number of allylic oxidation sites excluding steroid dienone is 1. The molecule has 2 atom stereocenters. The minimum absolute atomic E-state index is 0.405. The third-order valence-corrected chi connectivity index (χ3v) is 4.86. The van der Waals surface area contributed by atoms with Gasteiger partial charge in [-0.1, -0.05) is 24.3 Å². The Morgan fingerprint density at radius 3 is 2.55 bits per heavy atom. The van der Waals surface area contributed by atoms with Crippen LogP contribution < -0.4 is 10.1 Å². The van der Waals surface area contributed by atoms with Gasteiger partial charge in [0, 0.05) is 25.3 Å². The van der Waals surface area contributed by atoms with Crippen LogP contribution in [0.3, 0.4) is 0 Å². The molecular weight excluding hydrogens is 274 g/mol. The van der Waals surface area contributed by atoms with Crippen molar-refractivity contribution >= 4 is 0 Å². The van der Waals surface area contributed by atoms with Crippen molar-refractivity contribution in [3.8, 4) is 5.75 Å². The predicted octanol–water partition coefficient (Wildman–Crippen LogP) is 3.86. The van der Waals surface area contributed by atoms with Gasteiger partial charge in [-0.2, -0.15) is 0 Å². The molecule has 0 unspecified atom stereocenters. The van der Waals surface area contributed by atoms with E-state index < -0.39 is 0 Å². The van der Waals surface area contributed by atoms with Gasteiger partial charge in [0.2, 0.25) is 0 Å². The SMILES string of the molecule is COc1ccc([C@H](N[C@@H]2C=CCCC2)C2CCOCC2)cc1. The summed E-state index contributed by atoms with van der Waals surface area (Å²) in [5.74, 6) is 1.57. The molecule has 3 rings (SSSR count). The number of benzene rings is 1. The lowest BCUT2D eigenvalue weighted by Gasteiger charge is -2.34. The number of methoxy groups -OCH3 is 1. The number of rotatable bonds is 5. The average Bonchev–Trinajstić information content (AvgIpc) is 2.61. The molecule has 3 heteroatoms. The zero-order valence-corrected chi connectivity index (χ0v) is 13.5. The molecule has 1 N–H and O–H groups in total. The molecule has 1 aliphatic heterocycles. The van der Waals surface area contributed by atoms with Crippen molar-refractivity contribution in [2.24, 2.45) is 5.92 Å². The standard InChI is InChI=1S/C19H27NO2/c1-21-18-9-7-15(8-10-18)19(16-11-13-22-14-12-16)20-17-5-3-2-4-6-17/h3,5,7-10,16-17,19-20H,2,4,6,11-14H2,1H3/t17-,19+/m1/s1. The van der Waals surface area contributed by atoms with E-state index in [2.05, 4.69) is 41.7 Å². The summed E-state index contributed by atoms with van der Waals surface area (Å²) in [6.45, 7) is 1.78. The summed E-state index contributed by atoms with van der Waals surface area (Å²) in [5.41, 5.74) is 1.37. The van der Waals surface area contributed by atoms with Crippen molar-refractivity contribution < 1.29 is 9.47 Å². The van der Waals surface area contributed by atoms with Gasteiger partial charge in [0.15, 0.2) is 0 Å². The fraction of sp³-hybridized carbons (Fsp3) is 0.579. The summed E-state index contributed by atoms with van der Waals surface area (Å²) in [5, 5.41) is 3.90. The maximum Gasteiger partial charge on any atom is 0.118 e. The second-order valence-electron chi connectivity index (χ2n) is 6.33. The van der Waals surface area contributed by atoms with Crippen LogP contribution in [-0.4, -0.2) is 26.4 Å². The molecule has 3 nitrogen and oxygen atoms in total. The molecule has 22 heavy (non-hydrogen) atoms. The van der Waals surface area contributed by atoms with E-state index in [0.717, 1.165) is 31.8 Å². The first-order chi connectivity index (χ1) is 10.9. The van der Waals surface area contributed by atoms with Gasteiger partial charge in [-0.05, 0) is 55.7 Å². The highest BCUT2D eigenvalue weighted by molar-refractivity contribution is 5.30. The smallest absolute Gasteiger partial charge is 0.118 e. The van der Waals surface area contributed by atoms with Gasteiger partial charge in [0.05, 0.1) is 7.11 Å². The highest BCUT2D eigenvalue weighted by Gasteiger charge is 2.27. The van der Waals surface area contributed by atoms with Crippen molar-refractivity contribution in [3.63, 3.8) is 0 Å². The summed E-state index contributed by atoms with van der Waals surface area (Å²) in [6, 6.07) is 9.46. The summed E-state index contributed by atoms with van der Waals surface area (Å²) in [7, 11) is 1.72. The van der Waals surface area contributed by atoms with E-state index >= 15 is 0 Å². The Morgan fingerprint density at radius 2 is 1.91 bits per heavy atom. The molecule has 0 bridgehead atoms. The van der Waals surface area contributed by atoms with Crippen LogP contribution in [0.15, 0.2) is 36.4 Å². The van der Waals surface area contributed by atoms with Crippen molar-refractivity contribution in [1.82, 2.24) is 5.32 Å². The van der Waals surface area contributed by atoms with E-state index in [1.807, 2.05) is 0 Å². The van der Waals surface area contributed by atoms with Crippen molar-refractivity contribution in [1.29, 1.82) is 0 Å². The summed E-state index contributed by atoms with van der Waals surface area (Å²) in [6.07, 6.45) is 10.7. The fourth-order valence-electron chi connectivity index (χ4n) is 3.55. The van der Waals surface area contributed by atoms with Crippen LogP contribution in [0, 0.1) is 5.92 Å². The monoisotopic (exact) mass is 301 g/mol. The largest absolute Gasteiger partial charge is 0.497 e. The molecule has 0 amide bonds. The van der Waals surface area contributed by atoms with Gasteiger partial charge in [-0.3, -0.25) is 0 Å². The Morgan fingerprint density at radius 1 is 1.14 bits per heavy atom. The summed E-state index contributed by atoms with van der Waals surface area (Å²) >= 11 is 0. The molecule has 0 aromatic heterocycles. The van der Waals surface area contributed by atoms with Crippen LogP contribution >= 0.6 is 0 Å². The molecule has 1 fully saturated rings. The molecule has 1 heterocycles. The Labute approximate surface area is 133 Å².